The van der Waals surface area contributed by atoms with Crippen molar-refractivity contribution >= 4 is 11.9 Å². The Hall–Kier alpha value is -3.82. The largest absolute Gasteiger partial charge is 0.504 e. The molecule has 0 saturated carbocycles. The molecule has 0 heterocycles. The standard InChI is InChI=1S/C14H10O10/c15-5-1-3(13(21)22)7(11(19)9(5)17)8-4(14(23)24)2-6(16)10(18)12(8)20/h1-2,15-20H,(H,21,22)(H,23,24). The molecule has 10 heteroatoms. The number of phenols is 6. The number of carbonyl (C=O) groups is 2. The summed E-state index contributed by atoms with van der Waals surface area (Å²) >= 11 is 0. The number of hydrogen-bond donors (Lipinski definition) is 8. The van der Waals surface area contributed by atoms with Crippen molar-refractivity contribution < 1.29 is 50.4 Å². The van der Waals surface area contributed by atoms with Crippen LogP contribution in [0.25, 0.3) is 11.1 Å². The van der Waals surface area contributed by atoms with Gasteiger partial charge in [-0.2, -0.15) is 0 Å². The van der Waals surface area contributed by atoms with E-state index in [2.05, 4.69) is 0 Å². The van der Waals surface area contributed by atoms with E-state index in [1.807, 2.05) is 0 Å². The van der Waals surface area contributed by atoms with Gasteiger partial charge in [-0.05, 0) is 12.1 Å². The maximum atomic E-state index is 11.3. The van der Waals surface area contributed by atoms with E-state index in [4.69, 9.17) is 10.2 Å². The Kier molecular flexibility index (Phi) is 3.74. The first kappa shape index (κ1) is 16.5. The topological polar surface area (TPSA) is 196 Å². The van der Waals surface area contributed by atoms with Crippen LogP contribution >= 0.6 is 0 Å². The van der Waals surface area contributed by atoms with Gasteiger partial charge < -0.3 is 40.9 Å². The summed E-state index contributed by atoms with van der Waals surface area (Å²) in [6.07, 6.45) is 0. The van der Waals surface area contributed by atoms with E-state index >= 15 is 0 Å². The fourth-order valence-electron chi connectivity index (χ4n) is 2.13. The van der Waals surface area contributed by atoms with Gasteiger partial charge in [0.15, 0.2) is 23.0 Å². The van der Waals surface area contributed by atoms with Gasteiger partial charge in [0.05, 0.1) is 11.1 Å². The lowest BCUT2D eigenvalue weighted by Crippen LogP contribution is -2.05. The highest BCUT2D eigenvalue weighted by atomic mass is 16.4. The molecule has 0 aliphatic rings. The molecule has 0 aliphatic carbocycles. The quantitative estimate of drug-likeness (QED) is 0.373. The van der Waals surface area contributed by atoms with Crippen molar-refractivity contribution in [2.75, 3.05) is 0 Å². The Bertz CT molecular complexity index is 811. The average Bonchev–Trinajstić information content (AvgIpc) is 2.50. The SMILES string of the molecule is O=C(O)c1cc(O)c(O)c(O)c1-c1c(C(=O)O)cc(O)c(O)c1O. The zero-order valence-corrected chi connectivity index (χ0v) is 11.5. The maximum absolute atomic E-state index is 11.3. The fraction of sp³-hybridized carbons (Fsp3) is 0. The zero-order valence-electron chi connectivity index (χ0n) is 11.5. The number of carboxylic acids is 2. The van der Waals surface area contributed by atoms with Crippen LogP contribution in [0.4, 0.5) is 0 Å². The summed E-state index contributed by atoms with van der Waals surface area (Å²) in [6, 6.07) is 1.03. The van der Waals surface area contributed by atoms with Gasteiger partial charge in [0.1, 0.15) is 0 Å². The van der Waals surface area contributed by atoms with Crippen LogP contribution in [0.3, 0.4) is 0 Å². The molecular formula is C14H10O10. The van der Waals surface area contributed by atoms with Crippen molar-refractivity contribution in [3.8, 4) is 45.6 Å². The van der Waals surface area contributed by atoms with Crippen LogP contribution in [0, 0.1) is 0 Å². The third kappa shape index (κ3) is 2.31. The van der Waals surface area contributed by atoms with Crippen molar-refractivity contribution in [1.82, 2.24) is 0 Å². The van der Waals surface area contributed by atoms with Crippen LogP contribution < -0.4 is 0 Å². The number of phenolic OH excluding ortho intramolecular Hbond substituents is 6. The summed E-state index contributed by atoms with van der Waals surface area (Å²) in [5.74, 6) is -10.3. The fourth-order valence-corrected chi connectivity index (χ4v) is 2.13. The van der Waals surface area contributed by atoms with Crippen LogP contribution in [0.1, 0.15) is 20.7 Å². The minimum atomic E-state index is -1.74. The minimum absolute atomic E-state index is 0.516. The second kappa shape index (κ2) is 5.43. The highest BCUT2D eigenvalue weighted by Crippen LogP contribution is 2.52. The number of benzene rings is 2. The second-order valence-corrected chi connectivity index (χ2v) is 4.64. The van der Waals surface area contributed by atoms with Crippen molar-refractivity contribution in [2.24, 2.45) is 0 Å². The third-order valence-corrected chi connectivity index (χ3v) is 3.22. The molecule has 2 aromatic carbocycles. The molecule has 0 unspecified atom stereocenters. The molecule has 126 valence electrons. The van der Waals surface area contributed by atoms with E-state index in [1.54, 1.807) is 0 Å². The molecule has 0 aliphatic heterocycles. The van der Waals surface area contributed by atoms with Crippen LogP contribution in [0.5, 0.6) is 34.5 Å². The maximum Gasteiger partial charge on any atom is 0.336 e. The van der Waals surface area contributed by atoms with Crippen molar-refractivity contribution in [3.63, 3.8) is 0 Å². The van der Waals surface area contributed by atoms with E-state index in [-0.39, 0.29) is 0 Å². The van der Waals surface area contributed by atoms with Gasteiger partial charge in [0.2, 0.25) is 11.5 Å². The number of hydrogen-bond acceptors (Lipinski definition) is 8. The van der Waals surface area contributed by atoms with Crippen LogP contribution in [-0.4, -0.2) is 52.8 Å². The summed E-state index contributed by atoms with van der Waals surface area (Å²) in [4.78, 5) is 22.6. The Balaban J connectivity index is 3.07. The Morgan fingerprint density at radius 2 is 0.875 bits per heavy atom. The molecule has 8 N–H and O–H groups in total. The average molecular weight is 338 g/mol. The molecule has 0 aromatic heterocycles. The van der Waals surface area contributed by atoms with Crippen molar-refractivity contribution in [2.45, 2.75) is 0 Å². The molecule has 2 aromatic rings. The van der Waals surface area contributed by atoms with Crippen molar-refractivity contribution in [3.05, 3.63) is 23.3 Å². The molecule has 0 atom stereocenters. The Labute approximate surface area is 132 Å². The Morgan fingerprint density at radius 3 is 1.12 bits per heavy atom. The van der Waals surface area contributed by atoms with Crippen LogP contribution in [-0.2, 0) is 0 Å². The molecule has 10 nitrogen and oxygen atoms in total. The highest BCUT2D eigenvalue weighted by Gasteiger charge is 2.30. The summed E-state index contributed by atoms with van der Waals surface area (Å²) in [5, 5.41) is 76.1. The van der Waals surface area contributed by atoms with E-state index in [1.165, 1.54) is 0 Å². The molecule has 0 radical (unpaired) electrons. The molecule has 0 bridgehead atoms. The van der Waals surface area contributed by atoms with E-state index in [0.29, 0.717) is 12.1 Å². The number of aromatic hydroxyl groups is 6. The molecule has 0 amide bonds. The monoisotopic (exact) mass is 338 g/mol. The minimum Gasteiger partial charge on any atom is -0.504 e. The van der Waals surface area contributed by atoms with Gasteiger partial charge in [0.25, 0.3) is 0 Å². The second-order valence-electron chi connectivity index (χ2n) is 4.64. The predicted molar refractivity (Wildman–Crippen MR) is 75.8 cm³/mol. The normalized spacial score (nSPS) is 10.5. The van der Waals surface area contributed by atoms with Crippen LogP contribution in [0.2, 0.25) is 0 Å². The van der Waals surface area contributed by atoms with E-state index < -0.39 is 68.7 Å². The van der Waals surface area contributed by atoms with Crippen molar-refractivity contribution in [1.29, 1.82) is 0 Å². The van der Waals surface area contributed by atoms with E-state index in [9.17, 15) is 40.2 Å². The summed E-state index contributed by atoms with van der Waals surface area (Å²) in [7, 11) is 0. The van der Waals surface area contributed by atoms with Gasteiger partial charge in [-0.25, -0.2) is 9.59 Å². The lowest BCUT2D eigenvalue weighted by atomic mass is 9.92. The molecule has 2 rings (SSSR count). The van der Waals surface area contributed by atoms with E-state index in [0.717, 1.165) is 0 Å². The number of aromatic carboxylic acids is 2. The van der Waals surface area contributed by atoms with Gasteiger partial charge in [-0.3, -0.25) is 0 Å². The molecule has 24 heavy (non-hydrogen) atoms. The summed E-state index contributed by atoms with van der Waals surface area (Å²) in [6.45, 7) is 0. The summed E-state index contributed by atoms with van der Waals surface area (Å²) in [5.41, 5.74) is -3.48. The molecule has 0 saturated heterocycles. The molecule has 0 fully saturated rings. The first-order valence-corrected chi connectivity index (χ1v) is 6.10. The van der Waals surface area contributed by atoms with Crippen LogP contribution in [0.15, 0.2) is 12.1 Å². The van der Waals surface area contributed by atoms with Gasteiger partial charge in [0, 0.05) is 11.1 Å². The summed E-state index contributed by atoms with van der Waals surface area (Å²) < 4.78 is 0. The molecule has 0 spiro atoms. The zero-order chi connectivity index (χ0) is 18.3. The predicted octanol–water partition coefficient (Wildman–Crippen LogP) is 0.984. The number of rotatable bonds is 3. The van der Waals surface area contributed by atoms with Gasteiger partial charge >= 0.3 is 11.9 Å². The first-order chi connectivity index (χ1) is 11.1. The Morgan fingerprint density at radius 1 is 0.583 bits per heavy atom. The lowest BCUT2D eigenvalue weighted by Gasteiger charge is -2.16. The first-order valence-electron chi connectivity index (χ1n) is 6.10. The smallest absolute Gasteiger partial charge is 0.336 e. The highest BCUT2D eigenvalue weighted by molar-refractivity contribution is 6.07. The van der Waals surface area contributed by atoms with Gasteiger partial charge in [-0.1, -0.05) is 0 Å². The lowest BCUT2D eigenvalue weighted by molar-refractivity contribution is 0.0683. The van der Waals surface area contributed by atoms with Gasteiger partial charge in [-0.15, -0.1) is 0 Å². The molecular weight excluding hydrogens is 328 g/mol. The third-order valence-electron chi connectivity index (χ3n) is 3.22. The number of carboxylic acid groups (broad SMARTS) is 2.